The standard InChI is InChI=1S/C18H25F2N3O.HI/c1-10(11-5-6-13(19)14(20)9-11)22-17(21-4)23-15-12-7-8-24-16(12)18(15,2)3;/h5-6,9-10,12,15-16H,7-8H2,1-4H3,(H2,21,22,23);1H. The van der Waals surface area contributed by atoms with Crippen LogP contribution in [0.4, 0.5) is 8.78 Å². The molecule has 4 nitrogen and oxygen atoms in total. The van der Waals surface area contributed by atoms with Gasteiger partial charge >= 0.3 is 0 Å². The maximum Gasteiger partial charge on any atom is 0.191 e. The van der Waals surface area contributed by atoms with Gasteiger partial charge in [-0.2, -0.15) is 0 Å². The van der Waals surface area contributed by atoms with E-state index in [0.29, 0.717) is 23.5 Å². The molecule has 2 fully saturated rings. The van der Waals surface area contributed by atoms with Crippen LogP contribution in [0.25, 0.3) is 0 Å². The number of rotatable bonds is 3. The Hall–Kier alpha value is -0.960. The summed E-state index contributed by atoms with van der Waals surface area (Å²) in [5.74, 6) is -0.514. The molecule has 1 aliphatic heterocycles. The Balaban J connectivity index is 0.00000225. The molecule has 25 heavy (non-hydrogen) atoms. The Bertz CT molecular complexity index is 653. The van der Waals surface area contributed by atoms with Crippen molar-refractivity contribution in [1.29, 1.82) is 0 Å². The van der Waals surface area contributed by atoms with Crippen molar-refractivity contribution in [3.63, 3.8) is 0 Å². The maximum atomic E-state index is 13.4. The van der Waals surface area contributed by atoms with E-state index in [4.69, 9.17) is 4.74 Å². The zero-order valence-corrected chi connectivity index (χ0v) is 17.3. The zero-order chi connectivity index (χ0) is 17.5. The van der Waals surface area contributed by atoms with Gasteiger partial charge in [-0.05, 0) is 31.0 Å². The van der Waals surface area contributed by atoms with Crippen molar-refractivity contribution in [3.8, 4) is 0 Å². The third-order valence-corrected chi connectivity index (χ3v) is 5.41. The quantitative estimate of drug-likeness (QED) is 0.408. The van der Waals surface area contributed by atoms with Crippen LogP contribution in [0.15, 0.2) is 23.2 Å². The molecule has 0 spiro atoms. The summed E-state index contributed by atoms with van der Waals surface area (Å²) >= 11 is 0. The number of benzene rings is 1. The Morgan fingerprint density at radius 1 is 1.32 bits per heavy atom. The Morgan fingerprint density at radius 3 is 2.68 bits per heavy atom. The molecule has 1 heterocycles. The van der Waals surface area contributed by atoms with Crippen LogP contribution in [0.2, 0.25) is 0 Å². The molecule has 1 saturated heterocycles. The van der Waals surface area contributed by atoms with E-state index in [9.17, 15) is 8.78 Å². The summed E-state index contributed by atoms with van der Waals surface area (Å²) in [5.41, 5.74) is 0.719. The lowest BCUT2D eigenvalue weighted by Gasteiger charge is -2.55. The number of nitrogens with zero attached hydrogens (tertiary/aromatic N) is 1. The van der Waals surface area contributed by atoms with Gasteiger partial charge in [0.05, 0.1) is 12.1 Å². The van der Waals surface area contributed by atoms with Gasteiger partial charge in [0.15, 0.2) is 17.6 Å². The van der Waals surface area contributed by atoms with Gasteiger partial charge in [-0.15, -0.1) is 24.0 Å². The number of aliphatic imine (C=N–C) groups is 1. The second-order valence-electron chi connectivity index (χ2n) is 7.30. The van der Waals surface area contributed by atoms with E-state index in [2.05, 4.69) is 29.5 Å². The number of hydrogen-bond acceptors (Lipinski definition) is 2. The molecule has 2 aliphatic rings. The minimum atomic E-state index is -0.838. The lowest BCUT2D eigenvalue weighted by Crippen LogP contribution is -2.68. The van der Waals surface area contributed by atoms with E-state index in [1.807, 2.05) is 6.92 Å². The van der Waals surface area contributed by atoms with Crippen LogP contribution in [0.5, 0.6) is 0 Å². The molecule has 1 aromatic carbocycles. The van der Waals surface area contributed by atoms with E-state index < -0.39 is 11.6 Å². The SMILES string of the molecule is CN=C(NC(C)c1ccc(F)c(F)c1)NC1C2CCOC2C1(C)C.I. The van der Waals surface area contributed by atoms with Gasteiger partial charge in [0.25, 0.3) is 0 Å². The maximum absolute atomic E-state index is 13.4. The van der Waals surface area contributed by atoms with Crippen molar-refractivity contribution in [2.45, 2.75) is 45.4 Å². The predicted octanol–water partition coefficient (Wildman–Crippen LogP) is 3.62. The van der Waals surface area contributed by atoms with Gasteiger partial charge in [0.2, 0.25) is 0 Å². The number of hydrogen-bond donors (Lipinski definition) is 2. The highest BCUT2D eigenvalue weighted by atomic mass is 127. The molecule has 1 aromatic rings. The number of halogens is 3. The van der Waals surface area contributed by atoms with Crippen molar-refractivity contribution in [2.24, 2.45) is 16.3 Å². The molecule has 0 amide bonds. The Labute approximate surface area is 164 Å². The van der Waals surface area contributed by atoms with Crippen molar-refractivity contribution in [1.82, 2.24) is 10.6 Å². The van der Waals surface area contributed by atoms with Gasteiger partial charge in [-0.25, -0.2) is 8.78 Å². The first kappa shape index (κ1) is 20.4. The first-order valence-electron chi connectivity index (χ1n) is 8.41. The first-order valence-corrected chi connectivity index (χ1v) is 8.41. The summed E-state index contributed by atoms with van der Waals surface area (Å²) in [7, 11) is 1.71. The van der Waals surface area contributed by atoms with E-state index in [1.54, 1.807) is 13.1 Å². The van der Waals surface area contributed by atoms with Crippen LogP contribution in [0, 0.1) is 23.0 Å². The molecule has 7 heteroatoms. The largest absolute Gasteiger partial charge is 0.377 e. The molecule has 3 rings (SSSR count). The predicted molar refractivity (Wildman–Crippen MR) is 105 cm³/mol. The Morgan fingerprint density at radius 2 is 2.04 bits per heavy atom. The summed E-state index contributed by atoms with van der Waals surface area (Å²) < 4.78 is 32.3. The van der Waals surface area contributed by atoms with Crippen molar-refractivity contribution in [3.05, 3.63) is 35.4 Å². The van der Waals surface area contributed by atoms with Crippen LogP contribution in [0.3, 0.4) is 0 Å². The highest BCUT2D eigenvalue weighted by molar-refractivity contribution is 14.0. The smallest absolute Gasteiger partial charge is 0.191 e. The first-order chi connectivity index (χ1) is 11.3. The summed E-state index contributed by atoms with van der Waals surface area (Å²) in [6, 6.07) is 4.04. The molecule has 1 aliphatic carbocycles. The third kappa shape index (κ3) is 3.77. The summed E-state index contributed by atoms with van der Waals surface area (Å²) in [4.78, 5) is 4.28. The second-order valence-corrected chi connectivity index (χ2v) is 7.30. The normalized spacial score (nSPS) is 28.4. The molecular weight excluding hydrogens is 439 g/mol. The van der Waals surface area contributed by atoms with Crippen LogP contribution in [0.1, 0.15) is 38.8 Å². The van der Waals surface area contributed by atoms with Crippen LogP contribution in [-0.4, -0.2) is 31.8 Å². The van der Waals surface area contributed by atoms with Gasteiger partial charge in [0, 0.05) is 31.0 Å². The molecule has 4 unspecified atom stereocenters. The fraction of sp³-hybridized carbons (Fsp3) is 0.611. The van der Waals surface area contributed by atoms with E-state index >= 15 is 0 Å². The van der Waals surface area contributed by atoms with Gasteiger partial charge < -0.3 is 15.4 Å². The molecule has 4 atom stereocenters. The van der Waals surface area contributed by atoms with Crippen molar-refractivity contribution in [2.75, 3.05) is 13.7 Å². The van der Waals surface area contributed by atoms with Crippen LogP contribution >= 0.6 is 24.0 Å². The van der Waals surface area contributed by atoms with Crippen LogP contribution in [-0.2, 0) is 4.74 Å². The van der Waals surface area contributed by atoms with E-state index in [1.165, 1.54) is 6.07 Å². The topological polar surface area (TPSA) is 45.7 Å². The number of ether oxygens (including phenoxy) is 1. The number of nitrogens with one attached hydrogen (secondary N) is 2. The average Bonchev–Trinajstić information content (AvgIpc) is 3.00. The summed E-state index contributed by atoms with van der Waals surface area (Å²) in [5, 5.41) is 6.74. The summed E-state index contributed by atoms with van der Waals surface area (Å²) in [6.07, 6.45) is 1.36. The van der Waals surface area contributed by atoms with E-state index in [0.717, 1.165) is 19.1 Å². The Kier molecular flexibility index (Phi) is 6.30. The molecule has 0 aromatic heterocycles. The highest BCUT2D eigenvalue weighted by Gasteiger charge is 2.59. The van der Waals surface area contributed by atoms with Gasteiger partial charge in [0.1, 0.15) is 0 Å². The lowest BCUT2D eigenvalue weighted by molar-refractivity contribution is -0.106. The minimum absolute atomic E-state index is 0. The number of fused-ring (bicyclic) bond motifs is 1. The molecule has 0 radical (unpaired) electrons. The molecule has 0 bridgehead atoms. The highest BCUT2D eigenvalue weighted by Crippen LogP contribution is 2.52. The fourth-order valence-corrected chi connectivity index (χ4v) is 4.01. The van der Waals surface area contributed by atoms with Crippen molar-refractivity contribution < 1.29 is 13.5 Å². The molecular formula is C18H26F2IN3O. The molecule has 2 N–H and O–H groups in total. The minimum Gasteiger partial charge on any atom is -0.377 e. The van der Waals surface area contributed by atoms with Gasteiger partial charge in [-0.1, -0.05) is 19.9 Å². The fourth-order valence-electron chi connectivity index (χ4n) is 4.01. The zero-order valence-electron chi connectivity index (χ0n) is 15.0. The van der Waals surface area contributed by atoms with E-state index in [-0.39, 0.29) is 41.5 Å². The van der Waals surface area contributed by atoms with Gasteiger partial charge in [-0.3, -0.25) is 4.99 Å². The third-order valence-electron chi connectivity index (χ3n) is 5.41. The average molecular weight is 465 g/mol. The summed E-state index contributed by atoms with van der Waals surface area (Å²) in [6.45, 7) is 7.10. The lowest BCUT2D eigenvalue weighted by atomic mass is 9.57. The molecule has 140 valence electrons. The van der Waals surface area contributed by atoms with Crippen LogP contribution < -0.4 is 10.6 Å². The number of guanidine groups is 1. The molecule has 1 saturated carbocycles. The second kappa shape index (κ2) is 7.73. The van der Waals surface area contributed by atoms with Crippen molar-refractivity contribution >= 4 is 29.9 Å². The monoisotopic (exact) mass is 465 g/mol.